The molecule has 0 saturated heterocycles. The summed E-state index contributed by atoms with van der Waals surface area (Å²) in [5.41, 5.74) is 7.06. The van der Waals surface area contributed by atoms with Crippen LogP contribution in [0, 0.1) is 0 Å². The van der Waals surface area contributed by atoms with Gasteiger partial charge in [-0.1, -0.05) is 12.1 Å². The number of aromatic nitrogens is 2. The van der Waals surface area contributed by atoms with E-state index in [4.69, 9.17) is 0 Å². The molecule has 0 bridgehead atoms. The average molecular weight is 336 g/mol. The summed E-state index contributed by atoms with van der Waals surface area (Å²) in [6.45, 7) is 2.51. The van der Waals surface area contributed by atoms with Gasteiger partial charge in [0.25, 0.3) is 5.91 Å². The summed E-state index contributed by atoms with van der Waals surface area (Å²) >= 11 is 0. The van der Waals surface area contributed by atoms with Crippen LogP contribution in [0.1, 0.15) is 58.1 Å². The predicted octanol–water partition coefficient (Wildman–Crippen LogP) is 2.89. The maximum absolute atomic E-state index is 13.2. The van der Waals surface area contributed by atoms with Crippen LogP contribution in [0.5, 0.6) is 0 Å². The minimum Gasteiger partial charge on any atom is -0.384 e. The van der Waals surface area contributed by atoms with Gasteiger partial charge in [-0.25, -0.2) is 0 Å². The fourth-order valence-corrected chi connectivity index (χ4v) is 4.26. The third-order valence-electron chi connectivity index (χ3n) is 5.81. The number of carbonyl (C=O) groups is 1. The molecule has 5 nitrogen and oxygen atoms in total. The number of hydrogen-bond acceptors (Lipinski definition) is 3. The molecule has 1 saturated carbocycles. The van der Waals surface area contributed by atoms with Crippen molar-refractivity contribution in [2.45, 2.75) is 44.4 Å². The molecule has 0 radical (unpaired) electrons. The normalized spacial score (nSPS) is 19.6. The van der Waals surface area contributed by atoms with Crippen LogP contribution in [-0.2, 0) is 19.3 Å². The molecule has 3 aliphatic rings. The highest BCUT2D eigenvalue weighted by Gasteiger charge is 2.32. The summed E-state index contributed by atoms with van der Waals surface area (Å²) in [7, 11) is 0. The van der Waals surface area contributed by atoms with E-state index in [1.807, 2.05) is 17.0 Å². The molecule has 1 fully saturated rings. The Labute approximate surface area is 147 Å². The molecule has 1 aromatic carbocycles. The molecule has 1 aromatic heterocycles. The molecule has 0 spiro atoms. The summed E-state index contributed by atoms with van der Waals surface area (Å²) in [4.78, 5) is 15.2. The fourth-order valence-electron chi connectivity index (χ4n) is 4.26. The van der Waals surface area contributed by atoms with E-state index in [9.17, 15) is 4.79 Å². The Hall–Kier alpha value is -2.30. The smallest absolute Gasteiger partial charge is 0.255 e. The van der Waals surface area contributed by atoms with Gasteiger partial charge in [-0.2, -0.15) is 5.10 Å². The van der Waals surface area contributed by atoms with Gasteiger partial charge in [0.05, 0.1) is 16.9 Å². The first-order valence-electron chi connectivity index (χ1n) is 9.52. The van der Waals surface area contributed by atoms with Crippen molar-refractivity contribution < 1.29 is 4.79 Å². The Kier molecular flexibility index (Phi) is 3.54. The zero-order valence-corrected chi connectivity index (χ0v) is 14.5. The number of benzene rings is 1. The Morgan fingerprint density at radius 3 is 2.92 bits per heavy atom. The van der Waals surface area contributed by atoms with Crippen molar-refractivity contribution in [1.82, 2.24) is 15.1 Å². The van der Waals surface area contributed by atoms with Crippen LogP contribution in [0.25, 0.3) is 0 Å². The number of fused-ring (bicyclic) bond motifs is 2. The molecule has 1 aliphatic carbocycles. The first kappa shape index (κ1) is 15.0. The van der Waals surface area contributed by atoms with Crippen LogP contribution < -0.4 is 5.32 Å². The molecule has 2 aliphatic heterocycles. The van der Waals surface area contributed by atoms with Crippen LogP contribution in [0.2, 0.25) is 0 Å². The lowest BCUT2D eigenvalue weighted by Crippen LogP contribution is -2.34. The lowest BCUT2D eigenvalue weighted by atomic mass is 9.98. The number of amides is 1. The van der Waals surface area contributed by atoms with Crippen LogP contribution in [0.4, 0.5) is 5.69 Å². The van der Waals surface area contributed by atoms with Gasteiger partial charge in [0.15, 0.2) is 0 Å². The lowest BCUT2D eigenvalue weighted by molar-refractivity contribution is 0.0763. The van der Waals surface area contributed by atoms with Gasteiger partial charge >= 0.3 is 0 Å². The highest BCUT2D eigenvalue weighted by molar-refractivity contribution is 6.00. The van der Waals surface area contributed by atoms with Crippen LogP contribution in [0.15, 0.2) is 18.2 Å². The number of rotatable bonds is 2. The number of aromatic amines is 1. The first-order valence-corrected chi connectivity index (χ1v) is 9.52. The molecule has 2 aromatic rings. The second kappa shape index (κ2) is 5.90. The highest BCUT2D eigenvalue weighted by Crippen LogP contribution is 2.41. The van der Waals surface area contributed by atoms with Gasteiger partial charge in [-0.05, 0) is 49.3 Å². The van der Waals surface area contributed by atoms with Gasteiger partial charge in [0, 0.05) is 37.7 Å². The van der Waals surface area contributed by atoms with Gasteiger partial charge in [0.2, 0.25) is 0 Å². The van der Waals surface area contributed by atoms with Crippen molar-refractivity contribution >= 4 is 11.6 Å². The number of carbonyl (C=O) groups excluding carboxylic acids is 1. The number of nitrogens with zero attached hydrogens (tertiary/aromatic N) is 2. The first-order chi connectivity index (χ1) is 12.3. The standard InChI is InChI=1S/C20H24N4O/c25-20(16-5-1-3-13-4-2-10-21-18(13)16)24-11-8-15-17(9-12-24)22-23-19(15)14-6-7-14/h1,3,5,14,21H,2,4,6-12H2,(H,22,23). The van der Waals surface area contributed by atoms with Gasteiger partial charge in [-0.3, -0.25) is 9.89 Å². The van der Waals surface area contributed by atoms with E-state index in [2.05, 4.69) is 21.6 Å². The van der Waals surface area contributed by atoms with E-state index in [1.54, 1.807) is 0 Å². The molecule has 3 heterocycles. The predicted molar refractivity (Wildman–Crippen MR) is 97.1 cm³/mol. The quantitative estimate of drug-likeness (QED) is 0.886. The average Bonchev–Trinajstić information content (AvgIpc) is 3.45. The molecule has 0 unspecified atom stereocenters. The van der Waals surface area contributed by atoms with E-state index < -0.39 is 0 Å². The fraction of sp³-hybridized carbons (Fsp3) is 0.500. The zero-order chi connectivity index (χ0) is 16.8. The topological polar surface area (TPSA) is 61.0 Å². The minimum absolute atomic E-state index is 0.164. The summed E-state index contributed by atoms with van der Waals surface area (Å²) in [5, 5.41) is 11.2. The Morgan fingerprint density at radius 2 is 2.04 bits per heavy atom. The second-order valence-electron chi connectivity index (χ2n) is 7.50. The number of nitrogens with one attached hydrogen (secondary N) is 2. The van der Waals surface area contributed by atoms with E-state index in [0.29, 0.717) is 5.92 Å². The third-order valence-corrected chi connectivity index (χ3v) is 5.81. The van der Waals surface area contributed by atoms with Crippen molar-refractivity contribution in [2.75, 3.05) is 25.0 Å². The largest absolute Gasteiger partial charge is 0.384 e. The summed E-state index contributed by atoms with van der Waals surface area (Å²) in [5.74, 6) is 0.824. The Morgan fingerprint density at radius 1 is 1.16 bits per heavy atom. The summed E-state index contributed by atoms with van der Waals surface area (Å²) < 4.78 is 0. The SMILES string of the molecule is O=C(c1cccc2c1NCCC2)N1CCc2[nH]nc(C3CC3)c2CC1. The van der Waals surface area contributed by atoms with Crippen molar-refractivity contribution in [1.29, 1.82) is 0 Å². The maximum atomic E-state index is 13.2. The molecule has 130 valence electrons. The Balaban J connectivity index is 1.39. The van der Waals surface area contributed by atoms with E-state index in [1.165, 1.54) is 35.4 Å². The molecule has 0 atom stereocenters. The highest BCUT2D eigenvalue weighted by atomic mass is 16.2. The summed E-state index contributed by atoms with van der Waals surface area (Å²) in [6.07, 6.45) is 6.53. The molecular weight excluding hydrogens is 312 g/mol. The second-order valence-corrected chi connectivity index (χ2v) is 7.50. The van der Waals surface area contributed by atoms with Gasteiger partial charge in [0.1, 0.15) is 0 Å². The van der Waals surface area contributed by atoms with Crippen molar-refractivity contribution in [3.63, 3.8) is 0 Å². The molecule has 1 amide bonds. The molecule has 5 rings (SSSR count). The lowest BCUT2D eigenvalue weighted by Gasteiger charge is -2.25. The minimum atomic E-state index is 0.164. The maximum Gasteiger partial charge on any atom is 0.255 e. The van der Waals surface area contributed by atoms with E-state index >= 15 is 0 Å². The van der Waals surface area contributed by atoms with Crippen molar-refractivity contribution in [3.8, 4) is 0 Å². The Bertz CT molecular complexity index is 821. The third kappa shape index (κ3) is 2.62. The van der Waals surface area contributed by atoms with E-state index in [0.717, 1.165) is 56.6 Å². The van der Waals surface area contributed by atoms with E-state index in [-0.39, 0.29) is 5.91 Å². The summed E-state index contributed by atoms with van der Waals surface area (Å²) in [6, 6.07) is 6.13. The number of anilines is 1. The molecular formula is C20H24N4O. The van der Waals surface area contributed by atoms with Crippen molar-refractivity contribution in [3.05, 3.63) is 46.3 Å². The zero-order valence-electron chi connectivity index (χ0n) is 14.5. The number of aryl methyl sites for hydroxylation is 1. The van der Waals surface area contributed by atoms with Crippen LogP contribution in [-0.4, -0.2) is 40.6 Å². The van der Waals surface area contributed by atoms with Gasteiger partial charge < -0.3 is 10.2 Å². The van der Waals surface area contributed by atoms with Crippen LogP contribution in [0.3, 0.4) is 0 Å². The number of H-pyrrole nitrogens is 1. The number of para-hydroxylation sites is 1. The van der Waals surface area contributed by atoms with Gasteiger partial charge in [-0.15, -0.1) is 0 Å². The van der Waals surface area contributed by atoms with Crippen LogP contribution >= 0.6 is 0 Å². The molecule has 5 heteroatoms. The molecule has 2 N–H and O–H groups in total. The molecule has 25 heavy (non-hydrogen) atoms. The number of hydrogen-bond donors (Lipinski definition) is 2. The monoisotopic (exact) mass is 336 g/mol. The van der Waals surface area contributed by atoms with Crippen molar-refractivity contribution in [2.24, 2.45) is 0 Å².